The molecule has 0 spiro atoms. The van der Waals surface area contributed by atoms with Crippen LogP contribution < -0.4 is 10.6 Å². The lowest BCUT2D eigenvalue weighted by molar-refractivity contribution is -0.118. The van der Waals surface area contributed by atoms with Crippen LogP contribution in [0.1, 0.15) is 17.3 Å². The first-order valence-electron chi connectivity index (χ1n) is 9.41. The van der Waals surface area contributed by atoms with Crippen LogP contribution >= 0.6 is 11.3 Å². The van der Waals surface area contributed by atoms with Gasteiger partial charge >= 0.3 is 11.7 Å². The summed E-state index contributed by atoms with van der Waals surface area (Å²) in [6, 6.07) is 11.9. The maximum atomic E-state index is 12.7. The number of para-hydroxylation sites is 2. The Kier molecular flexibility index (Phi) is 5.56. The van der Waals surface area contributed by atoms with Crippen LogP contribution in [0.2, 0.25) is 0 Å². The third-order valence-corrected chi connectivity index (χ3v) is 5.57. The van der Waals surface area contributed by atoms with Gasteiger partial charge in [0, 0.05) is 0 Å². The summed E-state index contributed by atoms with van der Waals surface area (Å²) in [5, 5.41) is 0. The molecule has 1 amide bonds. The fraction of sp³-hybridized carbons (Fsp3) is 0.182. The van der Waals surface area contributed by atoms with Gasteiger partial charge in [-0.1, -0.05) is 29.4 Å². The van der Waals surface area contributed by atoms with E-state index in [4.69, 9.17) is 15.6 Å². The standard InChI is InChI=1S/C22H17N3O5S/c1-3-11-24-16-10-9-14(20(27)29-4-2)12-18(16)31-21(24)23-19(26)13-25-15-7-5-6-8-17(15)30-22(25)28/h1,5-10,12H,4,11,13H2,2H3. The maximum Gasteiger partial charge on any atom is 0.420 e. The van der Waals surface area contributed by atoms with Crippen molar-refractivity contribution in [3.63, 3.8) is 0 Å². The number of hydrogen-bond donors (Lipinski definition) is 0. The normalized spacial score (nSPS) is 11.7. The zero-order valence-corrected chi connectivity index (χ0v) is 17.3. The third kappa shape index (κ3) is 3.93. The van der Waals surface area contributed by atoms with E-state index in [-0.39, 0.29) is 19.7 Å². The second-order valence-corrected chi connectivity index (χ2v) is 7.51. The summed E-state index contributed by atoms with van der Waals surface area (Å²) in [6.07, 6.45) is 5.50. The highest BCUT2D eigenvalue weighted by Crippen LogP contribution is 2.20. The molecule has 0 radical (unpaired) electrons. The van der Waals surface area contributed by atoms with Crippen molar-refractivity contribution in [2.45, 2.75) is 20.0 Å². The van der Waals surface area contributed by atoms with Crippen LogP contribution in [-0.2, 0) is 22.6 Å². The number of amides is 1. The molecule has 0 bridgehead atoms. The molecular formula is C22H17N3O5S. The first kappa shape index (κ1) is 20.4. The molecule has 31 heavy (non-hydrogen) atoms. The molecule has 0 unspecified atom stereocenters. The number of fused-ring (bicyclic) bond motifs is 2. The van der Waals surface area contributed by atoms with E-state index in [1.165, 1.54) is 15.9 Å². The zero-order valence-electron chi connectivity index (χ0n) is 16.5. The summed E-state index contributed by atoms with van der Waals surface area (Å²) in [6.45, 7) is 1.93. The predicted octanol–water partition coefficient (Wildman–Crippen LogP) is 2.55. The van der Waals surface area contributed by atoms with Gasteiger partial charge in [0.05, 0.1) is 34.4 Å². The molecule has 0 aliphatic carbocycles. The SMILES string of the molecule is C#CCn1c(=NC(=O)Cn2c(=O)oc3ccccc32)sc2cc(C(=O)OCC)ccc21. The highest BCUT2D eigenvalue weighted by molar-refractivity contribution is 7.16. The van der Waals surface area contributed by atoms with Gasteiger partial charge in [-0.2, -0.15) is 4.99 Å². The molecule has 9 heteroatoms. The Bertz CT molecular complexity index is 1480. The highest BCUT2D eigenvalue weighted by Gasteiger charge is 2.14. The predicted molar refractivity (Wildman–Crippen MR) is 116 cm³/mol. The molecule has 156 valence electrons. The molecule has 0 atom stereocenters. The number of oxazole rings is 1. The Labute approximate surface area is 180 Å². The van der Waals surface area contributed by atoms with Crippen LogP contribution in [0, 0.1) is 12.3 Å². The summed E-state index contributed by atoms with van der Waals surface area (Å²) in [4.78, 5) is 41.4. The lowest BCUT2D eigenvalue weighted by Gasteiger charge is -2.03. The van der Waals surface area contributed by atoms with Crippen LogP contribution in [0.15, 0.2) is 56.7 Å². The Morgan fingerprint density at radius 3 is 2.77 bits per heavy atom. The molecule has 0 aliphatic rings. The van der Waals surface area contributed by atoms with Gasteiger partial charge in [-0.25, -0.2) is 9.59 Å². The molecule has 0 aliphatic heterocycles. The second-order valence-electron chi connectivity index (χ2n) is 6.51. The maximum absolute atomic E-state index is 12.7. The minimum atomic E-state index is -0.628. The largest absolute Gasteiger partial charge is 0.462 e. The van der Waals surface area contributed by atoms with E-state index in [0.29, 0.717) is 21.5 Å². The number of carbonyl (C=O) groups is 2. The molecule has 2 aromatic carbocycles. The Hall–Kier alpha value is -3.90. The number of ether oxygens (including phenoxy) is 1. The van der Waals surface area contributed by atoms with Crippen LogP contribution in [0.3, 0.4) is 0 Å². The summed E-state index contributed by atoms with van der Waals surface area (Å²) in [5.74, 6) is 0.961. The van der Waals surface area contributed by atoms with Crippen molar-refractivity contribution < 1.29 is 18.7 Å². The fourth-order valence-corrected chi connectivity index (χ4v) is 4.27. The highest BCUT2D eigenvalue weighted by atomic mass is 32.1. The van der Waals surface area contributed by atoms with E-state index in [9.17, 15) is 14.4 Å². The molecule has 0 saturated heterocycles. The van der Waals surface area contributed by atoms with Crippen molar-refractivity contribution in [1.82, 2.24) is 9.13 Å². The number of carbonyl (C=O) groups excluding carboxylic acids is 2. The van der Waals surface area contributed by atoms with Gasteiger partial charge in [-0.05, 0) is 37.3 Å². The summed E-state index contributed by atoms with van der Waals surface area (Å²) >= 11 is 1.22. The Balaban J connectivity index is 1.74. The molecule has 8 nitrogen and oxygen atoms in total. The van der Waals surface area contributed by atoms with Crippen LogP contribution in [-0.4, -0.2) is 27.6 Å². The summed E-state index contributed by atoms with van der Waals surface area (Å²) in [5.41, 5.74) is 2.06. The average Bonchev–Trinajstić information content (AvgIpc) is 3.25. The lowest BCUT2D eigenvalue weighted by atomic mass is 10.2. The van der Waals surface area contributed by atoms with Crippen molar-refractivity contribution in [3.05, 3.63) is 63.4 Å². The quantitative estimate of drug-likeness (QED) is 0.355. The number of terminal acetylenes is 1. The van der Waals surface area contributed by atoms with Gasteiger partial charge in [-0.15, -0.1) is 6.42 Å². The number of aromatic nitrogens is 2. The summed E-state index contributed by atoms with van der Waals surface area (Å²) in [7, 11) is 0. The second kappa shape index (κ2) is 8.45. The minimum absolute atomic E-state index is 0.194. The Morgan fingerprint density at radius 1 is 1.19 bits per heavy atom. The van der Waals surface area contributed by atoms with Gasteiger partial charge in [0.25, 0.3) is 5.91 Å². The van der Waals surface area contributed by atoms with Crippen molar-refractivity contribution in [2.24, 2.45) is 4.99 Å². The number of benzene rings is 2. The summed E-state index contributed by atoms with van der Waals surface area (Å²) < 4.78 is 13.9. The molecule has 2 aromatic heterocycles. The van der Waals surface area contributed by atoms with E-state index in [2.05, 4.69) is 10.9 Å². The third-order valence-electron chi connectivity index (χ3n) is 4.53. The first-order chi connectivity index (χ1) is 15.0. The van der Waals surface area contributed by atoms with Crippen molar-refractivity contribution in [2.75, 3.05) is 6.61 Å². The molecule has 0 N–H and O–H groups in total. The van der Waals surface area contributed by atoms with Crippen LogP contribution in [0.25, 0.3) is 21.3 Å². The molecule has 4 rings (SSSR count). The van der Waals surface area contributed by atoms with E-state index in [1.54, 1.807) is 54.0 Å². The van der Waals surface area contributed by atoms with E-state index >= 15 is 0 Å². The van der Waals surface area contributed by atoms with E-state index in [0.717, 1.165) is 10.2 Å². The Morgan fingerprint density at radius 2 is 2.00 bits per heavy atom. The van der Waals surface area contributed by atoms with Crippen molar-refractivity contribution in [1.29, 1.82) is 0 Å². The number of thiazole rings is 1. The number of rotatable bonds is 5. The average molecular weight is 435 g/mol. The topological polar surface area (TPSA) is 95.8 Å². The molecule has 2 heterocycles. The van der Waals surface area contributed by atoms with E-state index in [1.807, 2.05) is 0 Å². The first-order valence-corrected chi connectivity index (χ1v) is 10.2. The molecular weight excluding hydrogens is 418 g/mol. The number of nitrogens with zero attached hydrogens (tertiary/aromatic N) is 3. The van der Waals surface area contributed by atoms with Crippen molar-refractivity contribution >= 4 is 44.5 Å². The van der Waals surface area contributed by atoms with Gasteiger partial charge in [-0.3, -0.25) is 9.36 Å². The monoisotopic (exact) mass is 435 g/mol. The fourth-order valence-electron chi connectivity index (χ4n) is 3.18. The molecule has 0 saturated carbocycles. The lowest BCUT2D eigenvalue weighted by Crippen LogP contribution is -2.22. The van der Waals surface area contributed by atoms with Crippen LogP contribution in [0.4, 0.5) is 0 Å². The number of esters is 1. The van der Waals surface area contributed by atoms with Gasteiger partial charge in [0.1, 0.15) is 6.54 Å². The molecule has 0 fully saturated rings. The minimum Gasteiger partial charge on any atom is -0.462 e. The molecule has 4 aromatic rings. The van der Waals surface area contributed by atoms with Crippen LogP contribution in [0.5, 0.6) is 0 Å². The number of hydrogen-bond acceptors (Lipinski definition) is 6. The van der Waals surface area contributed by atoms with Gasteiger partial charge < -0.3 is 13.7 Å². The van der Waals surface area contributed by atoms with Gasteiger partial charge in [0.2, 0.25) is 0 Å². The van der Waals surface area contributed by atoms with Crippen molar-refractivity contribution in [3.8, 4) is 12.3 Å². The van der Waals surface area contributed by atoms with E-state index < -0.39 is 17.6 Å². The smallest absolute Gasteiger partial charge is 0.420 e. The zero-order chi connectivity index (χ0) is 22.0. The van der Waals surface area contributed by atoms with Gasteiger partial charge in [0.15, 0.2) is 10.4 Å².